The van der Waals surface area contributed by atoms with Gasteiger partial charge in [0.05, 0.1) is 0 Å². The summed E-state index contributed by atoms with van der Waals surface area (Å²) in [6.07, 6.45) is 4.99. The molecule has 0 aliphatic heterocycles. The summed E-state index contributed by atoms with van der Waals surface area (Å²) in [4.78, 5) is 0. The number of hydrogen-bond acceptors (Lipinski definition) is 5. The molecule has 1 saturated carbocycles. The number of nitrogens with zero attached hydrogens (tertiary/aromatic N) is 2. The zero-order chi connectivity index (χ0) is 13.0. The molecule has 0 amide bonds. The second-order valence-corrected chi connectivity index (χ2v) is 6.41. The van der Waals surface area contributed by atoms with Crippen LogP contribution in [-0.2, 0) is 0 Å². The summed E-state index contributed by atoms with van der Waals surface area (Å²) in [5.74, 6) is 1.45. The number of aryl methyl sites for hydroxylation is 1. The Hall–Kier alpha value is -0.550. The highest BCUT2D eigenvalue weighted by atomic mass is 32.2. The Balaban J connectivity index is 1.96. The molecule has 1 N–H and O–H groups in total. The Morgan fingerprint density at radius 3 is 2.89 bits per heavy atom. The van der Waals surface area contributed by atoms with E-state index < -0.39 is 0 Å². The molecule has 1 aromatic rings. The van der Waals surface area contributed by atoms with Crippen LogP contribution < -0.4 is 5.32 Å². The van der Waals surface area contributed by atoms with E-state index in [0.29, 0.717) is 17.2 Å². The van der Waals surface area contributed by atoms with Crippen LogP contribution in [0.5, 0.6) is 0 Å². The van der Waals surface area contributed by atoms with Crippen molar-refractivity contribution < 1.29 is 4.42 Å². The van der Waals surface area contributed by atoms with Gasteiger partial charge in [-0.1, -0.05) is 25.6 Å². The summed E-state index contributed by atoms with van der Waals surface area (Å²) in [5, 5.41) is 12.9. The van der Waals surface area contributed by atoms with Gasteiger partial charge in [-0.25, -0.2) is 0 Å². The minimum Gasteiger partial charge on any atom is -0.416 e. The number of thioether (sulfide) groups is 1. The molecule has 0 radical (unpaired) electrons. The second-order valence-electron chi connectivity index (χ2n) is 5.22. The van der Waals surface area contributed by atoms with Crippen molar-refractivity contribution in [3.63, 3.8) is 0 Å². The summed E-state index contributed by atoms with van der Waals surface area (Å²) in [7, 11) is 0. The van der Waals surface area contributed by atoms with Crippen molar-refractivity contribution in [1.82, 2.24) is 15.5 Å². The number of aromatic nitrogens is 2. The van der Waals surface area contributed by atoms with Crippen molar-refractivity contribution in [2.45, 2.75) is 63.0 Å². The van der Waals surface area contributed by atoms with Crippen LogP contribution in [0.4, 0.5) is 0 Å². The van der Waals surface area contributed by atoms with E-state index in [-0.39, 0.29) is 0 Å². The fourth-order valence-corrected chi connectivity index (χ4v) is 3.81. The summed E-state index contributed by atoms with van der Waals surface area (Å²) < 4.78 is 5.49. The molecule has 1 fully saturated rings. The number of hydrogen-bond donors (Lipinski definition) is 1. The van der Waals surface area contributed by atoms with Crippen molar-refractivity contribution >= 4 is 11.8 Å². The van der Waals surface area contributed by atoms with E-state index in [9.17, 15) is 0 Å². The van der Waals surface area contributed by atoms with Gasteiger partial charge >= 0.3 is 0 Å². The fraction of sp³-hybridized carbons (Fsp3) is 0.846. The van der Waals surface area contributed by atoms with E-state index in [0.717, 1.165) is 17.7 Å². The lowest BCUT2D eigenvalue weighted by atomic mass is 9.87. The largest absolute Gasteiger partial charge is 0.416 e. The van der Waals surface area contributed by atoms with Gasteiger partial charge in [0.15, 0.2) is 0 Å². The maximum absolute atomic E-state index is 5.49. The third-order valence-corrected chi connectivity index (χ3v) is 4.66. The third-order valence-electron chi connectivity index (χ3n) is 3.47. The summed E-state index contributed by atoms with van der Waals surface area (Å²) in [6, 6.07) is 0.582. The zero-order valence-corrected chi connectivity index (χ0v) is 12.3. The van der Waals surface area contributed by atoms with Crippen LogP contribution in [0.25, 0.3) is 0 Å². The van der Waals surface area contributed by atoms with Gasteiger partial charge in [0.25, 0.3) is 5.22 Å². The average molecular weight is 269 g/mol. The van der Waals surface area contributed by atoms with Gasteiger partial charge in [-0.2, -0.15) is 0 Å². The Bertz CT molecular complexity index is 367. The second kappa shape index (κ2) is 6.57. The molecule has 1 aromatic heterocycles. The highest BCUT2D eigenvalue weighted by Gasteiger charge is 2.30. The molecule has 3 unspecified atom stereocenters. The SMILES string of the molecule is CCCNC1CCC(C)CC1Sc1nnc(C)o1. The van der Waals surface area contributed by atoms with E-state index in [1.165, 1.54) is 25.7 Å². The fourth-order valence-electron chi connectivity index (χ4n) is 2.48. The van der Waals surface area contributed by atoms with Gasteiger partial charge in [0, 0.05) is 18.2 Å². The van der Waals surface area contributed by atoms with Crippen molar-refractivity contribution in [2.75, 3.05) is 6.54 Å². The minimum absolute atomic E-state index is 0.556. The van der Waals surface area contributed by atoms with E-state index in [4.69, 9.17) is 4.42 Å². The predicted octanol–water partition coefficient (Wildman–Crippen LogP) is 3.03. The molecule has 102 valence electrons. The quantitative estimate of drug-likeness (QED) is 0.890. The summed E-state index contributed by atoms with van der Waals surface area (Å²) in [5.41, 5.74) is 0. The normalized spacial score (nSPS) is 28.5. The smallest absolute Gasteiger partial charge is 0.276 e. The van der Waals surface area contributed by atoms with E-state index in [1.54, 1.807) is 11.8 Å². The Morgan fingerprint density at radius 2 is 2.22 bits per heavy atom. The molecular formula is C13H23N3OS. The van der Waals surface area contributed by atoms with Crippen LogP contribution in [0.1, 0.15) is 45.4 Å². The lowest BCUT2D eigenvalue weighted by Gasteiger charge is -2.34. The molecule has 3 atom stereocenters. The van der Waals surface area contributed by atoms with Crippen molar-refractivity contribution in [1.29, 1.82) is 0 Å². The lowest BCUT2D eigenvalue weighted by molar-refractivity contribution is 0.315. The highest BCUT2D eigenvalue weighted by Crippen LogP contribution is 2.35. The van der Waals surface area contributed by atoms with Crippen molar-refractivity contribution in [3.05, 3.63) is 5.89 Å². The van der Waals surface area contributed by atoms with Crippen LogP contribution in [0.3, 0.4) is 0 Å². The van der Waals surface area contributed by atoms with E-state index >= 15 is 0 Å². The molecule has 1 aliphatic carbocycles. The van der Waals surface area contributed by atoms with Crippen LogP contribution in [0.15, 0.2) is 9.64 Å². The van der Waals surface area contributed by atoms with Crippen LogP contribution in [0, 0.1) is 12.8 Å². The van der Waals surface area contributed by atoms with E-state index in [1.807, 2.05) is 6.92 Å². The first-order valence-corrected chi connectivity index (χ1v) is 7.77. The Labute approximate surface area is 113 Å². The first kappa shape index (κ1) is 13.9. The van der Waals surface area contributed by atoms with E-state index in [2.05, 4.69) is 29.4 Å². The van der Waals surface area contributed by atoms with Gasteiger partial charge in [-0.15, -0.1) is 10.2 Å². The maximum atomic E-state index is 5.49. The molecular weight excluding hydrogens is 246 g/mol. The van der Waals surface area contributed by atoms with Crippen molar-refractivity contribution in [3.8, 4) is 0 Å². The van der Waals surface area contributed by atoms with Gasteiger partial charge in [0.2, 0.25) is 5.89 Å². The molecule has 1 aliphatic rings. The topological polar surface area (TPSA) is 51.0 Å². The van der Waals surface area contributed by atoms with Crippen LogP contribution >= 0.6 is 11.8 Å². The standard InChI is InChI=1S/C13H23N3OS/c1-4-7-14-11-6-5-9(2)8-12(11)18-13-16-15-10(3)17-13/h9,11-12,14H,4-8H2,1-3H3. The summed E-state index contributed by atoms with van der Waals surface area (Å²) in [6.45, 7) is 7.48. The van der Waals surface area contributed by atoms with Gasteiger partial charge in [-0.05, 0) is 38.1 Å². The first-order chi connectivity index (χ1) is 8.69. The molecule has 18 heavy (non-hydrogen) atoms. The Kier molecular flexibility index (Phi) is 5.06. The minimum atomic E-state index is 0.556. The van der Waals surface area contributed by atoms with Gasteiger partial charge in [-0.3, -0.25) is 0 Å². The summed E-state index contributed by atoms with van der Waals surface area (Å²) >= 11 is 1.74. The molecule has 4 nitrogen and oxygen atoms in total. The molecule has 0 spiro atoms. The monoisotopic (exact) mass is 269 g/mol. The van der Waals surface area contributed by atoms with Crippen molar-refractivity contribution in [2.24, 2.45) is 5.92 Å². The number of rotatable bonds is 5. The molecule has 2 rings (SSSR count). The number of nitrogens with one attached hydrogen (secondary N) is 1. The maximum Gasteiger partial charge on any atom is 0.276 e. The molecule has 0 aromatic carbocycles. The molecule has 5 heteroatoms. The predicted molar refractivity (Wildman–Crippen MR) is 73.8 cm³/mol. The van der Waals surface area contributed by atoms with Crippen LogP contribution in [0.2, 0.25) is 0 Å². The highest BCUT2D eigenvalue weighted by molar-refractivity contribution is 7.99. The average Bonchev–Trinajstić information content (AvgIpc) is 2.74. The first-order valence-electron chi connectivity index (χ1n) is 6.89. The molecule has 0 saturated heterocycles. The van der Waals surface area contributed by atoms with Gasteiger partial charge in [0.1, 0.15) is 0 Å². The Morgan fingerprint density at radius 1 is 1.39 bits per heavy atom. The lowest BCUT2D eigenvalue weighted by Crippen LogP contribution is -2.42. The van der Waals surface area contributed by atoms with Crippen LogP contribution in [-0.4, -0.2) is 28.0 Å². The molecule has 0 bridgehead atoms. The van der Waals surface area contributed by atoms with Gasteiger partial charge < -0.3 is 9.73 Å². The third kappa shape index (κ3) is 3.72. The zero-order valence-electron chi connectivity index (χ0n) is 11.5. The molecule has 1 heterocycles.